The molecule has 24 heavy (non-hydrogen) atoms. The van der Waals surface area contributed by atoms with Gasteiger partial charge in [0.25, 0.3) is 0 Å². The molecule has 1 aromatic carbocycles. The first-order chi connectivity index (χ1) is 11.7. The molecule has 3 rings (SSSR count). The van der Waals surface area contributed by atoms with Gasteiger partial charge in [-0.3, -0.25) is 4.79 Å². The van der Waals surface area contributed by atoms with Crippen LogP contribution in [-0.2, 0) is 6.42 Å². The van der Waals surface area contributed by atoms with Gasteiger partial charge >= 0.3 is 6.03 Å². The third-order valence-corrected chi connectivity index (χ3v) is 4.45. The standard InChI is InChI=1S/C17H18N2O4S/c20-14(12-3-4-15-16(10-12)23-8-7-22-15)11-19-17(21)18-6-5-13-2-1-9-24-13/h1-4,9-10H,5-8,11H2,(H2,18,19,21). The van der Waals surface area contributed by atoms with Gasteiger partial charge in [-0.2, -0.15) is 0 Å². The van der Waals surface area contributed by atoms with E-state index in [2.05, 4.69) is 10.6 Å². The van der Waals surface area contributed by atoms with Gasteiger partial charge in [0.1, 0.15) is 13.2 Å². The number of hydrogen-bond donors (Lipinski definition) is 2. The molecular formula is C17H18N2O4S. The summed E-state index contributed by atoms with van der Waals surface area (Å²) < 4.78 is 10.9. The number of benzene rings is 1. The SMILES string of the molecule is O=C(NCCc1cccs1)NCC(=O)c1ccc2c(c1)OCCO2. The molecule has 2 aromatic rings. The number of nitrogens with one attached hydrogen (secondary N) is 2. The van der Waals surface area contributed by atoms with Crippen LogP contribution in [0.4, 0.5) is 4.79 Å². The minimum Gasteiger partial charge on any atom is -0.486 e. The van der Waals surface area contributed by atoms with Crippen molar-refractivity contribution in [1.82, 2.24) is 10.6 Å². The number of amides is 2. The van der Waals surface area contributed by atoms with Crippen molar-refractivity contribution in [2.75, 3.05) is 26.3 Å². The molecule has 0 bridgehead atoms. The molecule has 126 valence electrons. The molecule has 1 aliphatic heterocycles. The van der Waals surface area contributed by atoms with E-state index in [0.717, 1.165) is 6.42 Å². The zero-order valence-corrected chi connectivity index (χ0v) is 13.9. The Hall–Kier alpha value is -2.54. The molecule has 0 spiro atoms. The molecule has 0 unspecified atom stereocenters. The van der Waals surface area contributed by atoms with Gasteiger partial charge < -0.3 is 20.1 Å². The third kappa shape index (κ3) is 4.26. The molecule has 2 N–H and O–H groups in total. The largest absolute Gasteiger partial charge is 0.486 e. The molecule has 7 heteroatoms. The van der Waals surface area contributed by atoms with E-state index in [4.69, 9.17) is 9.47 Å². The van der Waals surface area contributed by atoms with Crippen LogP contribution in [0.25, 0.3) is 0 Å². The molecule has 1 aliphatic rings. The van der Waals surface area contributed by atoms with Gasteiger partial charge in [0, 0.05) is 17.0 Å². The number of carbonyl (C=O) groups excluding carboxylic acids is 2. The molecule has 0 aliphatic carbocycles. The van der Waals surface area contributed by atoms with E-state index in [-0.39, 0.29) is 18.4 Å². The Morgan fingerprint density at radius 1 is 1.08 bits per heavy atom. The van der Waals surface area contributed by atoms with Crippen molar-refractivity contribution in [3.63, 3.8) is 0 Å². The van der Waals surface area contributed by atoms with Crippen molar-refractivity contribution in [2.24, 2.45) is 0 Å². The maximum Gasteiger partial charge on any atom is 0.315 e. The van der Waals surface area contributed by atoms with E-state index < -0.39 is 0 Å². The van der Waals surface area contributed by atoms with Crippen molar-refractivity contribution in [3.8, 4) is 11.5 Å². The fourth-order valence-electron chi connectivity index (χ4n) is 2.30. The summed E-state index contributed by atoms with van der Waals surface area (Å²) in [5.74, 6) is 1.02. The molecule has 2 heterocycles. The number of carbonyl (C=O) groups is 2. The second-order valence-electron chi connectivity index (χ2n) is 5.22. The highest BCUT2D eigenvalue weighted by Gasteiger charge is 2.15. The Morgan fingerprint density at radius 2 is 1.92 bits per heavy atom. The Kier molecular flexibility index (Phi) is 5.32. The van der Waals surface area contributed by atoms with E-state index in [1.807, 2.05) is 17.5 Å². The van der Waals surface area contributed by atoms with Crippen molar-refractivity contribution in [2.45, 2.75) is 6.42 Å². The average molecular weight is 346 g/mol. The normalized spacial score (nSPS) is 12.5. The molecule has 0 radical (unpaired) electrons. The molecule has 2 amide bonds. The Morgan fingerprint density at radius 3 is 2.71 bits per heavy atom. The molecule has 0 fully saturated rings. The topological polar surface area (TPSA) is 76.7 Å². The predicted octanol–water partition coefficient (Wildman–Crippen LogP) is 2.24. The summed E-state index contributed by atoms with van der Waals surface area (Å²) in [5.41, 5.74) is 0.484. The maximum absolute atomic E-state index is 12.2. The summed E-state index contributed by atoms with van der Waals surface area (Å²) >= 11 is 1.65. The smallest absolute Gasteiger partial charge is 0.315 e. The fraction of sp³-hybridized carbons (Fsp3) is 0.294. The van der Waals surface area contributed by atoms with Crippen LogP contribution in [0.3, 0.4) is 0 Å². The minimum absolute atomic E-state index is 0.0650. The second-order valence-corrected chi connectivity index (χ2v) is 6.25. The van der Waals surface area contributed by atoms with Crippen molar-refractivity contribution in [1.29, 1.82) is 0 Å². The van der Waals surface area contributed by atoms with Crippen LogP contribution in [0.1, 0.15) is 15.2 Å². The van der Waals surface area contributed by atoms with Gasteiger partial charge in [-0.1, -0.05) is 6.07 Å². The number of ketones is 1. The van der Waals surface area contributed by atoms with Gasteiger partial charge in [-0.25, -0.2) is 4.79 Å². The molecule has 0 saturated carbocycles. The average Bonchev–Trinajstić information content (AvgIpc) is 3.12. The van der Waals surface area contributed by atoms with Gasteiger partial charge in [-0.05, 0) is 36.1 Å². The zero-order chi connectivity index (χ0) is 16.8. The van der Waals surface area contributed by atoms with Gasteiger partial charge in [0.05, 0.1) is 6.54 Å². The Labute approximate surface area is 143 Å². The van der Waals surface area contributed by atoms with Crippen LogP contribution in [0.2, 0.25) is 0 Å². The van der Waals surface area contributed by atoms with E-state index in [1.165, 1.54) is 4.88 Å². The molecule has 6 nitrogen and oxygen atoms in total. The summed E-state index contributed by atoms with van der Waals surface area (Å²) in [6, 6.07) is 8.68. The summed E-state index contributed by atoms with van der Waals surface area (Å²) in [6.07, 6.45) is 0.779. The highest BCUT2D eigenvalue weighted by molar-refractivity contribution is 7.09. The van der Waals surface area contributed by atoms with Gasteiger partial charge in [0.15, 0.2) is 17.3 Å². The first-order valence-electron chi connectivity index (χ1n) is 7.69. The summed E-state index contributed by atoms with van der Waals surface area (Å²) in [4.78, 5) is 25.1. The number of Topliss-reactive ketones (excluding diaryl/α,β-unsaturated/α-hetero) is 1. The van der Waals surface area contributed by atoms with E-state index >= 15 is 0 Å². The molecule has 1 aromatic heterocycles. The van der Waals surface area contributed by atoms with E-state index in [0.29, 0.717) is 36.8 Å². The number of urea groups is 1. The van der Waals surface area contributed by atoms with Crippen molar-refractivity contribution >= 4 is 23.2 Å². The lowest BCUT2D eigenvalue weighted by atomic mass is 10.1. The summed E-state index contributed by atoms with van der Waals surface area (Å²) in [6.45, 7) is 1.44. The lowest BCUT2D eigenvalue weighted by Crippen LogP contribution is -2.39. The Bertz CT molecular complexity index is 715. The van der Waals surface area contributed by atoms with Crippen LogP contribution in [0, 0.1) is 0 Å². The number of fused-ring (bicyclic) bond motifs is 1. The van der Waals surface area contributed by atoms with Crippen LogP contribution in [0.15, 0.2) is 35.7 Å². The van der Waals surface area contributed by atoms with Crippen molar-refractivity contribution < 1.29 is 19.1 Å². The van der Waals surface area contributed by atoms with Gasteiger partial charge in [0.2, 0.25) is 0 Å². The van der Waals surface area contributed by atoms with Gasteiger partial charge in [-0.15, -0.1) is 11.3 Å². The monoisotopic (exact) mass is 346 g/mol. The second kappa shape index (κ2) is 7.83. The predicted molar refractivity (Wildman–Crippen MR) is 91.2 cm³/mol. The Balaban J connectivity index is 1.44. The maximum atomic E-state index is 12.2. The first-order valence-corrected chi connectivity index (χ1v) is 8.57. The summed E-state index contributed by atoms with van der Waals surface area (Å²) in [5, 5.41) is 7.31. The van der Waals surface area contributed by atoms with E-state index in [9.17, 15) is 9.59 Å². The molecular weight excluding hydrogens is 328 g/mol. The highest BCUT2D eigenvalue weighted by atomic mass is 32.1. The fourth-order valence-corrected chi connectivity index (χ4v) is 3.00. The molecule has 0 saturated heterocycles. The third-order valence-electron chi connectivity index (χ3n) is 3.51. The number of rotatable bonds is 6. The summed E-state index contributed by atoms with van der Waals surface area (Å²) in [7, 11) is 0. The van der Waals surface area contributed by atoms with E-state index in [1.54, 1.807) is 29.5 Å². The van der Waals surface area contributed by atoms with Crippen LogP contribution in [-0.4, -0.2) is 38.1 Å². The molecule has 0 atom stereocenters. The van der Waals surface area contributed by atoms with Crippen LogP contribution < -0.4 is 20.1 Å². The highest BCUT2D eigenvalue weighted by Crippen LogP contribution is 2.30. The quantitative estimate of drug-likeness (QED) is 0.787. The van der Waals surface area contributed by atoms with Crippen LogP contribution in [0.5, 0.6) is 11.5 Å². The number of thiophene rings is 1. The number of ether oxygens (including phenoxy) is 2. The zero-order valence-electron chi connectivity index (χ0n) is 13.0. The van der Waals surface area contributed by atoms with Crippen molar-refractivity contribution in [3.05, 3.63) is 46.2 Å². The first kappa shape index (κ1) is 16.3. The number of hydrogen-bond acceptors (Lipinski definition) is 5. The van der Waals surface area contributed by atoms with Crippen LogP contribution >= 0.6 is 11.3 Å². The minimum atomic E-state index is -0.350. The lowest BCUT2D eigenvalue weighted by Gasteiger charge is -2.18. The lowest BCUT2D eigenvalue weighted by molar-refractivity contribution is 0.0991.